The summed E-state index contributed by atoms with van der Waals surface area (Å²) in [5.74, 6) is 0. The van der Waals surface area contributed by atoms with Gasteiger partial charge in [-0.1, -0.05) is 0 Å². The molecule has 0 spiro atoms. The first-order chi connectivity index (χ1) is 4.41. The van der Waals surface area contributed by atoms with Gasteiger partial charge in [0.25, 0.3) is 0 Å². The maximum atomic E-state index is 5.15. The van der Waals surface area contributed by atoms with Crippen molar-refractivity contribution in [3.63, 3.8) is 0 Å². The van der Waals surface area contributed by atoms with Crippen LogP contribution in [-0.4, -0.2) is 26.7 Å². The van der Waals surface area contributed by atoms with Crippen molar-refractivity contribution in [2.45, 2.75) is 0 Å². The fourth-order valence-electron chi connectivity index (χ4n) is 0.384. The molecule has 0 amide bonds. The molecule has 0 radical (unpaired) electrons. The lowest BCUT2D eigenvalue weighted by Gasteiger charge is -2.03. The van der Waals surface area contributed by atoms with Crippen LogP contribution < -0.4 is 27.4 Å². The third-order valence-corrected chi connectivity index (χ3v) is 0.789. The molecular weight excluding hydrogens is 118 g/mol. The predicted molar refractivity (Wildman–Crippen MR) is 37.2 cm³/mol. The van der Waals surface area contributed by atoms with Gasteiger partial charge in [-0.25, -0.2) is 0 Å². The molecule has 0 aliphatic heterocycles. The molecule has 0 fully saturated rings. The molecule has 5 heteroatoms. The minimum Gasteiger partial charge on any atom is -0.318 e. The van der Waals surface area contributed by atoms with Gasteiger partial charge in [-0.2, -0.15) is 0 Å². The van der Waals surface area contributed by atoms with Crippen LogP contribution in [-0.2, 0) is 0 Å². The smallest absolute Gasteiger partial charge is 0.0474 e. The lowest BCUT2D eigenvalue weighted by Crippen LogP contribution is -2.39. The zero-order valence-electron chi connectivity index (χ0n) is 5.48. The molecule has 0 saturated carbocycles. The molecule has 0 bridgehead atoms. The molecule has 9 heavy (non-hydrogen) atoms. The molecule has 0 aliphatic carbocycles. The van der Waals surface area contributed by atoms with Gasteiger partial charge in [-0.15, -0.1) is 0 Å². The van der Waals surface area contributed by atoms with E-state index in [2.05, 4.69) is 16.0 Å². The highest BCUT2D eigenvalue weighted by molar-refractivity contribution is 4.40. The highest BCUT2D eigenvalue weighted by Gasteiger charge is 1.79. The maximum Gasteiger partial charge on any atom is 0.0474 e. The van der Waals surface area contributed by atoms with Gasteiger partial charge >= 0.3 is 0 Å². The summed E-state index contributed by atoms with van der Waals surface area (Å²) in [4.78, 5) is 0. The van der Waals surface area contributed by atoms with Crippen LogP contribution in [0.3, 0.4) is 0 Å². The molecule has 0 aliphatic rings. The third-order valence-electron chi connectivity index (χ3n) is 0.789. The Balaban J connectivity index is 2.60. The van der Waals surface area contributed by atoms with Gasteiger partial charge in [0.15, 0.2) is 0 Å². The molecular formula is C4H15N5. The number of rotatable bonds is 6. The topological polar surface area (TPSA) is 88.1 Å². The lowest BCUT2D eigenvalue weighted by molar-refractivity contribution is 0.544. The molecule has 0 aromatic heterocycles. The number of nitrogens with two attached hydrogens (primary N) is 2. The van der Waals surface area contributed by atoms with Crippen LogP contribution >= 0.6 is 0 Å². The minimum absolute atomic E-state index is 0.496. The third kappa shape index (κ3) is 7.80. The van der Waals surface area contributed by atoms with Gasteiger partial charge < -0.3 is 11.5 Å². The van der Waals surface area contributed by atoms with Crippen molar-refractivity contribution in [1.29, 1.82) is 0 Å². The van der Waals surface area contributed by atoms with E-state index in [9.17, 15) is 0 Å². The van der Waals surface area contributed by atoms with Gasteiger partial charge in [0, 0.05) is 26.7 Å². The second-order valence-corrected chi connectivity index (χ2v) is 1.51. The molecule has 7 N–H and O–H groups in total. The second kappa shape index (κ2) is 7.80. The maximum absolute atomic E-state index is 5.15. The van der Waals surface area contributed by atoms with Crippen LogP contribution in [0.25, 0.3) is 0 Å². The normalized spacial score (nSPS) is 10.0. The van der Waals surface area contributed by atoms with Gasteiger partial charge in [-0.05, 0) is 0 Å². The summed E-state index contributed by atoms with van der Waals surface area (Å²) >= 11 is 0. The summed E-state index contributed by atoms with van der Waals surface area (Å²) in [6.07, 6.45) is 0. The van der Waals surface area contributed by atoms with E-state index in [0.717, 1.165) is 0 Å². The van der Waals surface area contributed by atoms with Crippen molar-refractivity contribution in [2.75, 3.05) is 26.7 Å². The lowest BCUT2D eigenvalue weighted by atomic mass is 10.9. The SMILES string of the molecule is NCNCNCNCN. The number of nitrogens with one attached hydrogen (secondary N) is 3. The van der Waals surface area contributed by atoms with Gasteiger partial charge in [0.2, 0.25) is 0 Å². The Bertz CT molecular complexity index is 42.2. The second-order valence-electron chi connectivity index (χ2n) is 1.51. The largest absolute Gasteiger partial charge is 0.318 e. The van der Waals surface area contributed by atoms with Gasteiger partial charge in [-0.3, -0.25) is 16.0 Å². The minimum atomic E-state index is 0.496. The molecule has 0 atom stereocenters. The number of hydrogen-bond donors (Lipinski definition) is 5. The summed E-state index contributed by atoms with van der Waals surface area (Å²) in [6, 6.07) is 0. The van der Waals surface area contributed by atoms with Crippen molar-refractivity contribution in [3.8, 4) is 0 Å². The molecule has 0 saturated heterocycles. The summed E-state index contributed by atoms with van der Waals surface area (Å²) in [5, 5.41) is 8.79. The van der Waals surface area contributed by atoms with E-state index in [1.165, 1.54) is 0 Å². The van der Waals surface area contributed by atoms with E-state index < -0.39 is 0 Å². The van der Waals surface area contributed by atoms with Crippen molar-refractivity contribution >= 4 is 0 Å². The highest BCUT2D eigenvalue weighted by Crippen LogP contribution is 1.46. The van der Waals surface area contributed by atoms with E-state index in [-0.39, 0.29) is 0 Å². The average molecular weight is 133 g/mol. The Morgan fingerprint density at radius 3 is 1.56 bits per heavy atom. The zero-order valence-corrected chi connectivity index (χ0v) is 5.48. The van der Waals surface area contributed by atoms with Gasteiger partial charge in [0.1, 0.15) is 0 Å². The highest BCUT2D eigenvalue weighted by atomic mass is 15.2. The Hall–Kier alpha value is -0.200. The van der Waals surface area contributed by atoms with Crippen molar-refractivity contribution < 1.29 is 0 Å². The van der Waals surface area contributed by atoms with Crippen LogP contribution in [0.2, 0.25) is 0 Å². The Labute approximate surface area is 55.2 Å². The average Bonchev–Trinajstić information content (AvgIpc) is 1.89. The summed E-state index contributed by atoms with van der Waals surface area (Å²) in [5.41, 5.74) is 10.3. The first-order valence-corrected chi connectivity index (χ1v) is 2.94. The summed E-state index contributed by atoms with van der Waals surface area (Å²) in [7, 11) is 0. The molecule has 0 unspecified atom stereocenters. The zero-order chi connectivity index (χ0) is 6.95. The predicted octanol–water partition coefficient (Wildman–Crippen LogP) is -2.50. The van der Waals surface area contributed by atoms with Crippen molar-refractivity contribution in [1.82, 2.24) is 16.0 Å². The van der Waals surface area contributed by atoms with Crippen LogP contribution in [0.15, 0.2) is 0 Å². The van der Waals surface area contributed by atoms with E-state index in [0.29, 0.717) is 26.7 Å². The van der Waals surface area contributed by atoms with Crippen LogP contribution in [0, 0.1) is 0 Å². The molecule has 5 nitrogen and oxygen atoms in total. The Morgan fingerprint density at radius 2 is 1.22 bits per heavy atom. The Morgan fingerprint density at radius 1 is 0.778 bits per heavy atom. The first-order valence-electron chi connectivity index (χ1n) is 2.94. The first kappa shape index (κ1) is 8.80. The van der Waals surface area contributed by atoms with E-state index in [1.807, 2.05) is 0 Å². The molecule has 0 heterocycles. The van der Waals surface area contributed by atoms with E-state index in [4.69, 9.17) is 11.5 Å². The molecule has 0 aromatic rings. The standard InChI is InChI=1S/C4H15N5/c5-1-7-3-9-4-8-2-6/h7-9H,1-6H2. The molecule has 0 rings (SSSR count). The molecule has 0 aromatic carbocycles. The van der Waals surface area contributed by atoms with Crippen LogP contribution in [0.1, 0.15) is 0 Å². The number of hydrogen-bond acceptors (Lipinski definition) is 5. The van der Waals surface area contributed by atoms with E-state index >= 15 is 0 Å². The summed E-state index contributed by atoms with van der Waals surface area (Å²) in [6.45, 7) is 2.41. The van der Waals surface area contributed by atoms with Crippen LogP contribution in [0.5, 0.6) is 0 Å². The van der Waals surface area contributed by atoms with E-state index in [1.54, 1.807) is 0 Å². The fraction of sp³-hybridized carbons (Fsp3) is 1.00. The summed E-state index contributed by atoms with van der Waals surface area (Å²) < 4.78 is 0. The van der Waals surface area contributed by atoms with Crippen molar-refractivity contribution in [2.24, 2.45) is 11.5 Å². The van der Waals surface area contributed by atoms with Crippen molar-refractivity contribution in [3.05, 3.63) is 0 Å². The molecule has 56 valence electrons. The fourth-order valence-corrected chi connectivity index (χ4v) is 0.384. The quantitative estimate of drug-likeness (QED) is 0.204. The monoisotopic (exact) mass is 133 g/mol. The Kier molecular flexibility index (Phi) is 7.63. The van der Waals surface area contributed by atoms with Crippen LogP contribution in [0.4, 0.5) is 0 Å². The van der Waals surface area contributed by atoms with Gasteiger partial charge in [0.05, 0.1) is 0 Å².